The fourth-order valence-corrected chi connectivity index (χ4v) is 1.85. The summed E-state index contributed by atoms with van der Waals surface area (Å²) in [5, 5.41) is 4.89. The van der Waals surface area contributed by atoms with Crippen molar-refractivity contribution in [2.24, 2.45) is 0 Å². The van der Waals surface area contributed by atoms with Crippen LogP contribution < -0.4 is 4.74 Å². The number of benzene rings is 1. The number of carbonyl (C=O) groups is 1. The second kappa shape index (κ2) is 5.08. The van der Waals surface area contributed by atoms with Crippen LogP contribution >= 0.6 is 0 Å². The van der Waals surface area contributed by atoms with Gasteiger partial charge in [-0.05, 0) is 18.6 Å². The number of fused-ring (bicyclic) bond motifs is 1. The summed E-state index contributed by atoms with van der Waals surface area (Å²) in [5.41, 5.74) is 2.44. The van der Waals surface area contributed by atoms with Gasteiger partial charge in [-0.25, -0.2) is 0 Å². The number of aryl methyl sites for hydroxylation is 2. The molecule has 0 saturated carbocycles. The van der Waals surface area contributed by atoms with E-state index in [0.29, 0.717) is 18.4 Å². The van der Waals surface area contributed by atoms with E-state index in [0.717, 1.165) is 22.4 Å². The van der Waals surface area contributed by atoms with Crippen molar-refractivity contribution in [1.82, 2.24) is 5.16 Å². The fourth-order valence-electron chi connectivity index (χ4n) is 1.85. The molecule has 0 atom stereocenters. The Hall–Kier alpha value is -2.04. The lowest BCUT2D eigenvalue weighted by Gasteiger charge is -2.03. The highest BCUT2D eigenvalue weighted by molar-refractivity contribution is 5.82. The van der Waals surface area contributed by atoms with Gasteiger partial charge in [0.1, 0.15) is 5.75 Å². The molecule has 0 aliphatic rings. The molecule has 5 nitrogen and oxygen atoms in total. The Balaban J connectivity index is 2.30. The first-order chi connectivity index (χ1) is 8.65. The molecule has 18 heavy (non-hydrogen) atoms. The van der Waals surface area contributed by atoms with E-state index in [9.17, 15) is 4.79 Å². The minimum atomic E-state index is -0.253. The van der Waals surface area contributed by atoms with E-state index in [1.807, 2.05) is 13.0 Å². The molecule has 0 radical (unpaired) electrons. The van der Waals surface area contributed by atoms with Crippen LogP contribution in [0.5, 0.6) is 5.75 Å². The number of hydrogen-bond donors (Lipinski definition) is 0. The number of hydrogen-bond acceptors (Lipinski definition) is 5. The second-order valence-electron chi connectivity index (χ2n) is 4.02. The largest absolute Gasteiger partial charge is 0.496 e. The number of esters is 1. The lowest BCUT2D eigenvalue weighted by Crippen LogP contribution is -2.02. The number of nitrogens with zero attached hydrogens (tertiary/aromatic N) is 1. The average molecular weight is 249 g/mol. The van der Waals surface area contributed by atoms with Gasteiger partial charge in [-0.2, -0.15) is 0 Å². The van der Waals surface area contributed by atoms with Gasteiger partial charge in [-0.3, -0.25) is 4.79 Å². The van der Waals surface area contributed by atoms with Crippen LogP contribution in [0.3, 0.4) is 0 Å². The smallest absolute Gasteiger partial charge is 0.305 e. The van der Waals surface area contributed by atoms with Crippen molar-refractivity contribution < 1.29 is 18.8 Å². The number of carbonyl (C=O) groups excluding carboxylic acids is 1. The third-order valence-electron chi connectivity index (χ3n) is 2.86. The normalized spacial score (nSPS) is 10.6. The van der Waals surface area contributed by atoms with Crippen LogP contribution in [-0.2, 0) is 16.0 Å². The van der Waals surface area contributed by atoms with E-state index in [1.54, 1.807) is 13.2 Å². The maximum atomic E-state index is 11.1. The Morgan fingerprint density at radius 3 is 2.83 bits per heavy atom. The van der Waals surface area contributed by atoms with Gasteiger partial charge >= 0.3 is 5.97 Å². The molecule has 0 bridgehead atoms. The van der Waals surface area contributed by atoms with Crippen molar-refractivity contribution in [2.45, 2.75) is 19.8 Å². The van der Waals surface area contributed by atoms with Gasteiger partial charge in [0, 0.05) is 17.9 Å². The SMILES string of the molecule is COC(=O)CCc1noc2cc(OC)c(C)cc12. The molecule has 0 N–H and O–H groups in total. The van der Waals surface area contributed by atoms with E-state index in [4.69, 9.17) is 9.26 Å². The predicted molar refractivity (Wildman–Crippen MR) is 65.6 cm³/mol. The summed E-state index contributed by atoms with van der Waals surface area (Å²) < 4.78 is 15.0. The first-order valence-corrected chi connectivity index (χ1v) is 5.65. The van der Waals surface area contributed by atoms with Gasteiger partial charge in [0.2, 0.25) is 0 Å². The summed E-state index contributed by atoms with van der Waals surface area (Å²) >= 11 is 0. The Bertz CT molecular complexity index is 574. The number of rotatable bonds is 4. The Labute approximate surface area is 105 Å². The van der Waals surface area contributed by atoms with Crippen molar-refractivity contribution in [3.05, 3.63) is 23.4 Å². The maximum Gasteiger partial charge on any atom is 0.305 e. The summed E-state index contributed by atoms with van der Waals surface area (Å²) in [6.07, 6.45) is 0.800. The Morgan fingerprint density at radius 2 is 2.17 bits per heavy atom. The zero-order chi connectivity index (χ0) is 13.1. The molecular formula is C13H15NO4. The molecule has 0 fully saturated rings. The quantitative estimate of drug-likeness (QED) is 0.778. The molecule has 96 valence electrons. The van der Waals surface area contributed by atoms with Crippen molar-refractivity contribution in [1.29, 1.82) is 0 Å². The van der Waals surface area contributed by atoms with E-state index in [-0.39, 0.29) is 5.97 Å². The van der Waals surface area contributed by atoms with Gasteiger partial charge in [-0.1, -0.05) is 5.16 Å². The highest BCUT2D eigenvalue weighted by Gasteiger charge is 2.12. The Kier molecular flexibility index (Phi) is 3.50. The number of methoxy groups -OCH3 is 2. The number of ether oxygens (including phenoxy) is 2. The lowest BCUT2D eigenvalue weighted by atomic mass is 10.1. The third-order valence-corrected chi connectivity index (χ3v) is 2.86. The van der Waals surface area contributed by atoms with Crippen molar-refractivity contribution in [3.8, 4) is 5.75 Å². The molecule has 1 heterocycles. The average Bonchev–Trinajstić information content (AvgIpc) is 2.77. The molecule has 0 aliphatic heterocycles. The molecule has 2 rings (SSSR count). The molecule has 2 aromatic rings. The van der Waals surface area contributed by atoms with Gasteiger partial charge in [-0.15, -0.1) is 0 Å². The van der Waals surface area contributed by atoms with Gasteiger partial charge in [0.15, 0.2) is 5.58 Å². The predicted octanol–water partition coefficient (Wildman–Crippen LogP) is 2.25. The highest BCUT2D eigenvalue weighted by Crippen LogP contribution is 2.27. The minimum absolute atomic E-state index is 0.253. The van der Waals surface area contributed by atoms with Crippen LogP contribution in [0.15, 0.2) is 16.7 Å². The first-order valence-electron chi connectivity index (χ1n) is 5.65. The lowest BCUT2D eigenvalue weighted by molar-refractivity contribution is -0.140. The summed E-state index contributed by atoms with van der Waals surface area (Å²) in [4.78, 5) is 11.1. The van der Waals surface area contributed by atoms with E-state index in [1.165, 1.54) is 7.11 Å². The summed E-state index contributed by atoms with van der Waals surface area (Å²) in [6, 6.07) is 3.76. The van der Waals surface area contributed by atoms with Gasteiger partial charge < -0.3 is 14.0 Å². The van der Waals surface area contributed by atoms with Crippen LogP contribution in [0, 0.1) is 6.92 Å². The molecule has 0 saturated heterocycles. The summed E-state index contributed by atoms with van der Waals surface area (Å²) in [6.45, 7) is 1.95. The number of aromatic nitrogens is 1. The standard InChI is InChI=1S/C13H15NO4/c1-8-6-9-10(4-5-13(15)17-3)14-18-12(9)7-11(8)16-2/h6-7H,4-5H2,1-3H3. The second-order valence-corrected chi connectivity index (χ2v) is 4.02. The van der Waals surface area contributed by atoms with E-state index < -0.39 is 0 Å². The van der Waals surface area contributed by atoms with Crippen molar-refractivity contribution in [3.63, 3.8) is 0 Å². The minimum Gasteiger partial charge on any atom is -0.496 e. The molecular weight excluding hydrogens is 234 g/mol. The van der Waals surface area contributed by atoms with Gasteiger partial charge in [0.05, 0.1) is 26.3 Å². The van der Waals surface area contributed by atoms with Crippen LogP contribution in [0.2, 0.25) is 0 Å². The van der Waals surface area contributed by atoms with E-state index >= 15 is 0 Å². The maximum absolute atomic E-state index is 11.1. The molecule has 0 aliphatic carbocycles. The van der Waals surface area contributed by atoms with E-state index in [2.05, 4.69) is 9.89 Å². The monoisotopic (exact) mass is 249 g/mol. The third kappa shape index (κ3) is 2.30. The van der Waals surface area contributed by atoms with Gasteiger partial charge in [0.25, 0.3) is 0 Å². The van der Waals surface area contributed by atoms with Crippen LogP contribution in [-0.4, -0.2) is 25.3 Å². The van der Waals surface area contributed by atoms with Crippen molar-refractivity contribution >= 4 is 16.9 Å². The molecule has 0 amide bonds. The fraction of sp³-hybridized carbons (Fsp3) is 0.385. The zero-order valence-corrected chi connectivity index (χ0v) is 10.6. The topological polar surface area (TPSA) is 61.6 Å². The van der Waals surface area contributed by atoms with Crippen LogP contribution in [0.25, 0.3) is 11.0 Å². The molecule has 1 aromatic carbocycles. The van der Waals surface area contributed by atoms with Crippen LogP contribution in [0.1, 0.15) is 17.7 Å². The summed E-state index contributed by atoms with van der Waals surface area (Å²) in [7, 11) is 2.99. The van der Waals surface area contributed by atoms with Crippen LogP contribution in [0.4, 0.5) is 0 Å². The zero-order valence-electron chi connectivity index (χ0n) is 10.6. The molecule has 5 heteroatoms. The highest BCUT2D eigenvalue weighted by atomic mass is 16.5. The molecule has 0 unspecified atom stereocenters. The first kappa shape index (κ1) is 12.4. The molecule has 0 spiro atoms. The van der Waals surface area contributed by atoms with Crippen molar-refractivity contribution in [2.75, 3.05) is 14.2 Å². The Morgan fingerprint density at radius 1 is 1.39 bits per heavy atom. The molecule has 1 aromatic heterocycles. The summed E-state index contributed by atoms with van der Waals surface area (Å²) in [5.74, 6) is 0.509.